The third kappa shape index (κ3) is 3.40. The summed E-state index contributed by atoms with van der Waals surface area (Å²) in [6.45, 7) is 0. The molecule has 3 rings (SSSR count). The maximum atomic E-state index is 12.3. The summed E-state index contributed by atoms with van der Waals surface area (Å²) in [5, 5.41) is 7.06. The van der Waals surface area contributed by atoms with Gasteiger partial charge in [0, 0.05) is 43.4 Å². The lowest BCUT2D eigenvalue weighted by Gasteiger charge is -2.13. The number of carbonyl (C=O) groups excluding carboxylic acids is 1. The average molecular weight is 306 g/mol. The van der Waals surface area contributed by atoms with Gasteiger partial charge in [0.25, 0.3) is 5.91 Å². The van der Waals surface area contributed by atoms with E-state index in [2.05, 4.69) is 10.4 Å². The van der Waals surface area contributed by atoms with Gasteiger partial charge in [-0.3, -0.25) is 4.79 Å². The first-order chi connectivity index (χ1) is 11.1. The molecule has 2 aromatic carbocycles. The summed E-state index contributed by atoms with van der Waals surface area (Å²) in [5.74, 6) is -0.130. The van der Waals surface area contributed by atoms with Gasteiger partial charge in [-0.2, -0.15) is 5.10 Å². The molecule has 0 spiro atoms. The number of hydrogen-bond acceptors (Lipinski definition) is 3. The van der Waals surface area contributed by atoms with Crippen LogP contribution in [0.25, 0.3) is 5.69 Å². The molecule has 1 heterocycles. The van der Waals surface area contributed by atoms with Gasteiger partial charge >= 0.3 is 0 Å². The van der Waals surface area contributed by atoms with E-state index in [1.807, 2.05) is 67.7 Å². The van der Waals surface area contributed by atoms with Crippen LogP contribution >= 0.6 is 0 Å². The second-order valence-corrected chi connectivity index (χ2v) is 5.39. The van der Waals surface area contributed by atoms with Crippen LogP contribution in [0.2, 0.25) is 0 Å². The predicted octanol–water partition coefficient (Wildman–Crippen LogP) is 3.19. The molecule has 0 aliphatic heterocycles. The molecular weight excluding hydrogens is 288 g/mol. The fraction of sp³-hybridized carbons (Fsp3) is 0.111. The van der Waals surface area contributed by atoms with Crippen LogP contribution in [0.1, 0.15) is 10.4 Å². The zero-order valence-corrected chi connectivity index (χ0v) is 13.1. The van der Waals surface area contributed by atoms with Gasteiger partial charge in [0.15, 0.2) is 0 Å². The third-order valence-electron chi connectivity index (χ3n) is 3.54. The van der Waals surface area contributed by atoms with Crippen LogP contribution in [0, 0.1) is 0 Å². The Bertz CT molecular complexity index is 775. The number of rotatable bonds is 4. The van der Waals surface area contributed by atoms with E-state index in [1.165, 1.54) is 0 Å². The predicted molar refractivity (Wildman–Crippen MR) is 92.3 cm³/mol. The van der Waals surface area contributed by atoms with Crippen LogP contribution in [-0.2, 0) is 0 Å². The van der Waals surface area contributed by atoms with Crippen molar-refractivity contribution in [2.75, 3.05) is 24.3 Å². The minimum absolute atomic E-state index is 0.130. The number of carbonyl (C=O) groups is 1. The molecular formula is C18H18N4O. The molecule has 0 saturated heterocycles. The largest absolute Gasteiger partial charge is 0.378 e. The Morgan fingerprint density at radius 2 is 1.74 bits per heavy atom. The van der Waals surface area contributed by atoms with Crippen molar-refractivity contribution in [3.8, 4) is 5.69 Å². The number of benzene rings is 2. The second-order valence-electron chi connectivity index (χ2n) is 5.39. The summed E-state index contributed by atoms with van der Waals surface area (Å²) in [6.07, 6.45) is 3.58. The van der Waals surface area contributed by atoms with Gasteiger partial charge in [0.1, 0.15) is 0 Å². The number of nitrogens with zero attached hydrogens (tertiary/aromatic N) is 3. The first kappa shape index (κ1) is 14.8. The van der Waals surface area contributed by atoms with Crippen molar-refractivity contribution >= 4 is 17.3 Å². The molecule has 5 nitrogen and oxygen atoms in total. The molecule has 0 bridgehead atoms. The second kappa shape index (κ2) is 6.36. The summed E-state index contributed by atoms with van der Waals surface area (Å²) in [4.78, 5) is 14.3. The smallest absolute Gasteiger partial charge is 0.255 e. The lowest BCUT2D eigenvalue weighted by atomic mass is 10.2. The SMILES string of the molecule is CN(C)c1ccc(NC(=O)c2ccc(-n3cccn3)cc2)cc1. The Labute approximate surface area is 135 Å². The lowest BCUT2D eigenvalue weighted by Crippen LogP contribution is -2.12. The first-order valence-electron chi connectivity index (χ1n) is 7.32. The monoisotopic (exact) mass is 306 g/mol. The van der Waals surface area contributed by atoms with Gasteiger partial charge in [-0.15, -0.1) is 0 Å². The Morgan fingerprint density at radius 1 is 1.04 bits per heavy atom. The highest BCUT2D eigenvalue weighted by Crippen LogP contribution is 2.17. The van der Waals surface area contributed by atoms with Gasteiger partial charge in [0.05, 0.1) is 5.69 Å². The minimum atomic E-state index is -0.130. The molecule has 0 aliphatic rings. The fourth-order valence-corrected chi connectivity index (χ4v) is 2.23. The highest BCUT2D eigenvalue weighted by Gasteiger charge is 2.07. The van der Waals surface area contributed by atoms with Crippen LogP contribution in [0.15, 0.2) is 67.0 Å². The third-order valence-corrected chi connectivity index (χ3v) is 3.54. The average Bonchev–Trinajstić information content (AvgIpc) is 3.10. The molecule has 1 N–H and O–H groups in total. The van der Waals surface area contributed by atoms with Gasteiger partial charge in [-0.05, 0) is 54.6 Å². The van der Waals surface area contributed by atoms with E-state index in [0.717, 1.165) is 17.1 Å². The minimum Gasteiger partial charge on any atom is -0.378 e. The van der Waals surface area contributed by atoms with E-state index in [-0.39, 0.29) is 5.91 Å². The molecule has 0 unspecified atom stereocenters. The number of aromatic nitrogens is 2. The van der Waals surface area contributed by atoms with E-state index >= 15 is 0 Å². The Balaban J connectivity index is 1.70. The van der Waals surface area contributed by atoms with Crippen LogP contribution in [0.4, 0.5) is 11.4 Å². The Kier molecular flexibility index (Phi) is 4.10. The number of anilines is 2. The maximum Gasteiger partial charge on any atom is 0.255 e. The standard InChI is InChI=1S/C18H18N4O/c1-21(2)16-10-6-15(7-11-16)20-18(23)14-4-8-17(9-5-14)22-13-3-12-19-22/h3-13H,1-2H3,(H,20,23). The van der Waals surface area contributed by atoms with Crippen molar-refractivity contribution in [2.24, 2.45) is 0 Å². The lowest BCUT2D eigenvalue weighted by molar-refractivity contribution is 0.102. The van der Waals surface area contributed by atoms with Crippen molar-refractivity contribution in [1.29, 1.82) is 0 Å². The van der Waals surface area contributed by atoms with Gasteiger partial charge in [0.2, 0.25) is 0 Å². The van der Waals surface area contributed by atoms with E-state index in [4.69, 9.17) is 0 Å². The molecule has 23 heavy (non-hydrogen) atoms. The molecule has 0 fully saturated rings. The van der Waals surface area contributed by atoms with E-state index in [1.54, 1.807) is 23.0 Å². The van der Waals surface area contributed by atoms with Gasteiger partial charge in [-0.1, -0.05) is 0 Å². The zero-order valence-electron chi connectivity index (χ0n) is 13.1. The molecule has 3 aromatic rings. The highest BCUT2D eigenvalue weighted by atomic mass is 16.1. The molecule has 0 radical (unpaired) electrons. The van der Waals surface area contributed by atoms with Crippen molar-refractivity contribution in [3.63, 3.8) is 0 Å². The van der Waals surface area contributed by atoms with Gasteiger partial charge in [-0.25, -0.2) is 4.68 Å². The summed E-state index contributed by atoms with van der Waals surface area (Å²) < 4.78 is 1.75. The fourth-order valence-electron chi connectivity index (χ4n) is 2.23. The number of nitrogens with one attached hydrogen (secondary N) is 1. The quantitative estimate of drug-likeness (QED) is 0.805. The summed E-state index contributed by atoms with van der Waals surface area (Å²) in [5.41, 5.74) is 3.39. The highest BCUT2D eigenvalue weighted by molar-refractivity contribution is 6.04. The Morgan fingerprint density at radius 3 is 2.30 bits per heavy atom. The van der Waals surface area contributed by atoms with Crippen LogP contribution in [0.5, 0.6) is 0 Å². The molecule has 0 atom stereocenters. The van der Waals surface area contributed by atoms with E-state index in [0.29, 0.717) is 5.56 Å². The molecule has 116 valence electrons. The summed E-state index contributed by atoms with van der Waals surface area (Å²) in [6, 6.07) is 16.9. The first-order valence-corrected chi connectivity index (χ1v) is 7.32. The molecule has 0 aliphatic carbocycles. The Hall–Kier alpha value is -3.08. The van der Waals surface area contributed by atoms with Crippen LogP contribution < -0.4 is 10.2 Å². The van der Waals surface area contributed by atoms with Crippen LogP contribution in [0.3, 0.4) is 0 Å². The van der Waals surface area contributed by atoms with Gasteiger partial charge < -0.3 is 10.2 Å². The number of amides is 1. The van der Waals surface area contributed by atoms with Crippen molar-refractivity contribution < 1.29 is 4.79 Å². The summed E-state index contributed by atoms with van der Waals surface area (Å²) in [7, 11) is 3.96. The molecule has 1 amide bonds. The summed E-state index contributed by atoms with van der Waals surface area (Å²) >= 11 is 0. The zero-order chi connectivity index (χ0) is 16.2. The van der Waals surface area contributed by atoms with E-state index in [9.17, 15) is 4.79 Å². The maximum absolute atomic E-state index is 12.3. The van der Waals surface area contributed by atoms with E-state index < -0.39 is 0 Å². The van der Waals surface area contributed by atoms with Crippen molar-refractivity contribution in [3.05, 3.63) is 72.6 Å². The number of hydrogen-bond donors (Lipinski definition) is 1. The van der Waals surface area contributed by atoms with Crippen LogP contribution in [-0.4, -0.2) is 29.8 Å². The van der Waals surface area contributed by atoms with Crippen molar-refractivity contribution in [1.82, 2.24) is 9.78 Å². The molecule has 0 saturated carbocycles. The topological polar surface area (TPSA) is 50.2 Å². The molecule has 5 heteroatoms. The normalized spacial score (nSPS) is 10.3. The molecule has 1 aromatic heterocycles. The van der Waals surface area contributed by atoms with Crippen molar-refractivity contribution in [2.45, 2.75) is 0 Å².